The van der Waals surface area contributed by atoms with Crippen LogP contribution in [0.1, 0.15) is 32.6 Å². The minimum Gasteiger partial charge on any atom is -0.358 e. The van der Waals surface area contributed by atoms with E-state index < -0.39 is 0 Å². The molecule has 1 aliphatic rings. The monoisotopic (exact) mass is 184 g/mol. The van der Waals surface area contributed by atoms with Crippen LogP contribution in [0.25, 0.3) is 0 Å². The number of likely N-dealkylation sites (N-methyl/N-ethyl adjacent to an activating group) is 1. The van der Waals surface area contributed by atoms with E-state index in [1.54, 1.807) is 7.05 Å². The van der Waals surface area contributed by atoms with Gasteiger partial charge in [0.05, 0.1) is 6.54 Å². The van der Waals surface area contributed by atoms with Gasteiger partial charge in [-0.25, -0.2) is 0 Å². The molecule has 1 rings (SSSR count). The van der Waals surface area contributed by atoms with Crippen LogP contribution < -0.4 is 5.32 Å². The van der Waals surface area contributed by atoms with Crippen LogP contribution in [-0.4, -0.2) is 37.0 Å². The Morgan fingerprint density at radius 1 is 1.54 bits per heavy atom. The number of nitrogens with zero attached hydrogens (tertiary/aromatic N) is 1. The SMILES string of the molecule is CCC1CCCCN1CC(=O)NC. The molecule has 13 heavy (non-hydrogen) atoms. The molecular weight excluding hydrogens is 164 g/mol. The second kappa shape index (κ2) is 5.22. The first-order chi connectivity index (χ1) is 6.27. The van der Waals surface area contributed by atoms with Gasteiger partial charge < -0.3 is 5.32 Å². The molecule has 0 spiro atoms. The number of piperidine rings is 1. The molecule has 0 aromatic heterocycles. The van der Waals surface area contributed by atoms with Crippen molar-refractivity contribution in [2.75, 3.05) is 20.1 Å². The fourth-order valence-electron chi connectivity index (χ4n) is 1.99. The van der Waals surface area contributed by atoms with Crippen LogP contribution in [0.4, 0.5) is 0 Å². The minimum atomic E-state index is 0.139. The van der Waals surface area contributed by atoms with Gasteiger partial charge in [-0.1, -0.05) is 13.3 Å². The summed E-state index contributed by atoms with van der Waals surface area (Å²) in [5.74, 6) is 0.139. The first-order valence-corrected chi connectivity index (χ1v) is 5.22. The summed E-state index contributed by atoms with van der Waals surface area (Å²) in [6.45, 7) is 3.87. The zero-order valence-electron chi connectivity index (χ0n) is 8.68. The molecule has 1 fully saturated rings. The molecule has 1 atom stereocenters. The summed E-state index contributed by atoms with van der Waals surface area (Å²) in [4.78, 5) is 13.5. The highest BCUT2D eigenvalue weighted by Crippen LogP contribution is 2.18. The van der Waals surface area contributed by atoms with Crippen LogP contribution in [0.2, 0.25) is 0 Å². The van der Waals surface area contributed by atoms with Gasteiger partial charge in [-0.15, -0.1) is 0 Å². The van der Waals surface area contributed by atoms with E-state index in [9.17, 15) is 4.79 Å². The van der Waals surface area contributed by atoms with Crippen molar-refractivity contribution in [3.63, 3.8) is 0 Å². The van der Waals surface area contributed by atoms with Crippen LogP contribution in [0.5, 0.6) is 0 Å². The number of rotatable bonds is 3. The third kappa shape index (κ3) is 2.99. The Morgan fingerprint density at radius 3 is 2.92 bits per heavy atom. The number of carbonyl (C=O) groups excluding carboxylic acids is 1. The lowest BCUT2D eigenvalue weighted by Gasteiger charge is -2.34. The summed E-state index contributed by atoms with van der Waals surface area (Å²) < 4.78 is 0. The molecule has 1 N–H and O–H groups in total. The molecule has 1 aliphatic heterocycles. The average Bonchev–Trinajstić information content (AvgIpc) is 2.18. The predicted octanol–water partition coefficient (Wildman–Crippen LogP) is 0.997. The van der Waals surface area contributed by atoms with Gasteiger partial charge in [-0.2, -0.15) is 0 Å². The van der Waals surface area contributed by atoms with E-state index in [4.69, 9.17) is 0 Å². The minimum absolute atomic E-state index is 0.139. The Balaban J connectivity index is 2.40. The molecule has 1 unspecified atom stereocenters. The summed E-state index contributed by atoms with van der Waals surface area (Å²) in [5, 5.41) is 2.68. The molecule has 1 amide bonds. The Bertz CT molecular complexity index is 170. The van der Waals surface area contributed by atoms with Gasteiger partial charge in [0.15, 0.2) is 0 Å². The van der Waals surface area contributed by atoms with Crippen molar-refractivity contribution >= 4 is 5.91 Å². The zero-order valence-corrected chi connectivity index (χ0v) is 8.68. The van der Waals surface area contributed by atoms with Crippen molar-refractivity contribution in [3.05, 3.63) is 0 Å². The summed E-state index contributed by atoms with van der Waals surface area (Å²) in [6.07, 6.45) is 4.99. The maximum absolute atomic E-state index is 11.2. The van der Waals surface area contributed by atoms with Crippen LogP contribution in [-0.2, 0) is 4.79 Å². The third-order valence-electron chi connectivity index (χ3n) is 2.85. The second-order valence-electron chi connectivity index (χ2n) is 3.70. The van der Waals surface area contributed by atoms with Crippen molar-refractivity contribution in [3.8, 4) is 0 Å². The lowest BCUT2D eigenvalue weighted by molar-refractivity contribution is -0.122. The molecule has 76 valence electrons. The van der Waals surface area contributed by atoms with Gasteiger partial charge >= 0.3 is 0 Å². The van der Waals surface area contributed by atoms with Gasteiger partial charge in [0.1, 0.15) is 0 Å². The molecule has 1 heterocycles. The highest BCUT2D eigenvalue weighted by Gasteiger charge is 2.21. The highest BCUT2D eigenvalue weighted by atomic mass is 16.1. The summed E-state index contributed by atoms with van der Waals surface area (Å²) in [7, 11) is 1.70. The van der Waals surface area contributed by atoms with Crippen molar-refractivity contribution in [2.45, 2.75) is 38.6 Å². The molecule has 0 bridgehead atoms. The van der Waals surface area contributed by atoms with E-state index in [1.165, 1.54) is 19.3 Å². The summed E-state index contributed by atoms with van der Waals surface area (Å²) in [5.41, 5.74) is 0. The van der Waals surface area contributed by atoms with Gasteiger partial charge in [-0.3, -0.25) is 9.69 Å². The molecule has 0 aromatic rings. The Kier molecular flexibility index (Phi) is 4.22. The smallest absolute Gasteiger partial charge is 0.233 e. The lowest BCUT2D eigenvalue weighted by atomic mass is 10.0. The molecule has 3 nitrogen and oxygen atoms in total. The molecule has 0 saturated carbocycles. The Morgan fingerprint density at radius 2 is 2.31 bits per heavy atom. The average molecular weight is 184 g/mol. The van der Waals surface area contributed by atoms with Gasteiger partial charge in [0.2, 0.25) is 5.91 Å². The quantitative estimate of drug-likeness (QED) is 0.709. The number of nitrogens with one attached hydrogen (secondary N) is 1. The molecule has 0 aromatic carbocycles. The van der Waals surface area contributed by atoms with Crippen LogP contribution >= 0.6 is 0 Å². The number of amides is 1. The van der Waals surface area contributed by atoms with E-state index in [2.05, 4.69) is 17.1 Å². The summed E-state index contributed by atoms with van der Waals surface area (Å²) >= 11 is 0. The van der Waals surface area contributed by atoms with Crippen LogP contribution in [0, 0.1) is 0 Å². The van der Waals surface area contributed by atoms with E-state index in [1.807, 2.05) is 0 Å². The highest BCUT2D eigenvalue weighted by molar-refractivity contribution is 5.77. The normalized spacial score (nSPS) is 24.3. The van der Waals surface area contributed by atoms with E-state index in [0.29, 0.717) is 12.6 Å². The standard InChI is InChI=1S/C10H20N2O/c1-3-9-6-4-5-7-12(9)8-10(13)11-2/h9H,3-8H2,1-2H3,(H,11,13). The molecular formula is C10H20N2O. The van der Waals surface area contributed by atoms with Crippen LogP contribution in [0.3, 0.4) is 0 Å². The number of likely N-dealkylation sites (tertiary alicyclic amines) is 1. The number of carbonyl (C=O) groups is 1. The van der Waals surface area contributed by atoms with Crippen LogP contribution in [0.15, 0.2) is 0 Å². The first-order valence-electron chi connectivity index (χ1n) is 5.22. The number of hydrogen-bond donors (Lipinski definition) is 1. The van der Waals surface area contributed by atoms with Gasteiger partial charge in [-0.05, 0) is 25.8 Å². The summed E-state index contributed by atoms with van der Waals surface area (Å²) in [6, 6.07) is 0.631. The molecule has 3 heteroatoms. The number of hydrogen-bond acceptors (Lipinski definition) is 2. The Labute approximate surface area is 80.5 Å². The lowest BCUT2D eigenvalue weighted by Crippen LogP contribution is -2.44. The van der Waals surface area contributed by atoms with E-state index in [0.717, 1.165) is 13.0 Å². The molecule has 0 radical (unpaired) electrons. The maximum Gasteiger partial charge on any atom is 0.233 e. The van der Waals surface area contributed by atoms with Gasteiger partial charge in [0, 0.05) is 13.1 Å². The largest absolute Gasteiger partial charge is 0.358 e. The first kappa shape index (κ1) is 10.5. The van der Waals surface area contributed by atoms with Gasteiger partial charge in [0.25, 0.3) is 0 Å². The zero-order chi connectivity index (χ0) is 9.68. The fourth-order valence-corrected chi connectivity index (χ4v) is 1.99. The molecule has 0 aliphatic carbocycles. The van der Waals surface area contributed by atoms with Crippen molar-refractivity contribution in [1.82, 2.24) is 10.2 Å². The predicted molar refractivity (Wildman–Crippen MR) is 53.6 cm³/mol. The van der Waals surface area contributed by atoms with E-state index in [-0.39, 0.29) is 5.91 Å². The second-order valence-corrected chi connectivity index (χ2v) is 3.70. The van der Waals surface area contributed by atoms with Crippen molar-refractivity contribution in [1.29, 1.82) is 0 Å². The third-order valence-corrected chi connectivity index (χ3v) is 2.85. The topological polar surface area (TPSA) is 32.3 Å². The maximum atomic E-state index is 11.2. The Hall–Kier alpha value is -0.570. The van der Waals surface area contributed by atoms with Crippen molar-refractivity contribution < 1.29 is 4.79 Å². The molecule has 1 saturated heterocycles. The van der Waals surface area contributed by atoms with Crippen molar-refractivity contribution in [2.24, 2.45) is 0 Å². The fraction of sp³-hybridized carbons (Fsp3) is 0.900. The van der Waals surface area contributed by atoms with E-state index >= 15 is 0 Å².